The molecule has 0 unspecified atom stereocenters. The van der Waals surface area contributed by atoms with Crippen molar-refractivity contribution < 1.29 is 0 Å². The summed E-state index contributed by atoms with van der Waals surface area (Å²) in [5, 5.41) is 0. The fourth-order valence-corrected chi connectivity index (χ4v) is 3.80. The lowest BCUT2D eigenvalue weighted by Gasteiger charge is -2.39. The molecule has 1 atom stereocenters. The predicted octanol–water partition coefficient (Wildman–Crippen LogP) is 3.29. The first kappa shape index (κ1) is 15.9. The SMILES string of the molecule is Cc1cc(C)c([C@@H](C)N2CCN(c3ncccn3)CC2)c(C)c1. The number of rotatable bonds is 3. The summed E-state index contributed by atoms with van der Waals surface area (Å²) >= 11 is 0. The van der Waals surface area contributed by atoms with Gasteiger partial charge in [0, 0.05) is 44.6 Å². The van der Waals surface area contributed by atoms with Crippen LogP contribution in [0.15, 0.2) is 30.6 Å². The monoisotopic (exact) mass is 310 g/mol. The molecule has 1 aliphatic heterocycles. The summed E-state index contributed by atoms with van der Waals surface area (Å²) in [5.41, 5.74) is 5.65. The van der Waals surface area contributed by atoms with E-state index in [0.29, 0.717) is 6.04 Å². The van der Waals surface area contributed by atoms with Crippen molar-refractivity contribution >= 4 is 5.95 Å². The van der Waals surface area contributed by atoms with E-state index in [-0.39, 0.29) is 0 Å². The highest BCUT2D eigenvalue weighted by Crippen LogP contribution is 2.28. The molecular formula is C19H26N4. The second-order valence-corrected chi connectivity index (χ2v) is 6.56. The third kappa shape index (κ3) is 3.37. The Bertz CT molecular complexity index is 637. The number of piperazine rings is 1. The Morgan fingerprint density at radius 1 is 0.913 bits per heavy atom. The molecule has 1 aromatic carbocycles. The van der Waals surface area contributed by atoms with Crippen molar-refractivity contribution in [3.05, 3.63) is 52.8 Å². The first-order valence-corrected chi connectivity index (χ1v) is 8.40. The van der Waals surface area contributed by atoms with E-state index in [2.05, 4.69) is 59.6 Å². The molecule has 0 amide bonds. The first-order valence-electron chi connectivity index (χ1n) is 8.40. The van der Waals surface area contributed by atoms with Crippen molar-refractivity contribution in [2.75, 3.05) is 31.1 Å². The van der Waals surface area contributed by atoms with Crippen LogP contribution < -0.4 is 4.90 Å². The molecule has 0 spiro atoms. The Morgan fingerprint density at radius 3 is 2.04 bits per heavy atom. The molecule has 4 nitrogen and oxygen atoms in total. The van der Waals surface area contributed by atoms with Gasteiger partial charge in [-0.2, -0.15) is 0 Å². The molecule has 3 rings (SSSR count). The number of benzene rings is 1. The Kier molecular flexibility index (Phi) is 4.62. The van der Waals surface area contributed by atoms with Crippen molar-refractivity contribution in [2.45, 2.75) is 33.7 Å². The summed E-state index contributed by atoms with van der Waals surface area (Å²) < 4.78 is 0. The van der Waals surface area contributed by atoms with E-state index >= 15 is 0 Å². The second kappa shape index (κ2) is 6.67. The smallest absolute Gasteiger partial charge is 0.225 e. The molecule has 0 aliphatic carbocycles. The molecule has 0 saturated carbocycles. The van der Waals surface area contributed by atoms with Crippen LogP contribution >= 0.6 is 0 Å². The second-order valence-electron chi connectivity index (χ2n) is 6.56. The van der Waals surface area contributed by atoms with E-state index in [1.807, 2.05) is 18.5 Å². The van der Waals surface area contributed by atoms with Gasteiger partial charge in [0.2, 0.25) is 5.95 Å². The summed E-state index contributed by atoms with van der Waals surface area (Å²) in [4.78, 5) is 13.6. The van der Waals surface area contributed by atoms with Crippen LogP contribution in [0, 0.1) is 20.8 Å². The van der Waals surface area contributed by atoms with Gasteiger partial charge in [0.1, 0.15) is 0 Å². The van der Waals surface area contributed by atoms with Gasteiger partial charge in [-0.15, -0.1) is 0 Å². The van der Waals surface area contributed by atoms with E-state index in [1.54, 1.807) is 0 Å². The van der Waals surface area contributed by atoms with Gasteiger partial charge >= 0.3 is 0 Å². The zero-order valence-electron chi connectivity index (χ0n) is 14.6. The van der Waals surface area contributed by atoms with Gasteiger partial charge in [-0.05, 0) is 50.5 Å². The van der Waals surface area contributed by atoms with Crippen molar-refractivity contribution in [3.8, 4) is 0 Å². The topological polar surface area (TPSA) is 32.3 Å². The van der Waals surface area contributed by atoms with Crippen LogP contribution in [-0.2, 0) is 0 Å². The maximum Gasteiger partial charge on any atom is 0.225 e. The summed E-state index contributed by atoms with van der Waals surface area (Å²) in [6, 6.07) is 6.92. The van der Waals surface area contributed by atoms with Gasteiger partial charge in [-0.1, -0.05) is 17.7 Å². The largest absolute Gasteiger partial charge is 0.338 e. The lowest BCUT2D eigenvalue weighted by atomic mass is 9.93. The maximum absolute atomic E-state index is 4.36. The van der Waals surface area contributed by atoms with E-state index in [4.69, 9.17) is 0 Å². The average Bonchev–Trinajstić information content (AvgIpc) is 2.55. The summed E-state index contributed by atoms with van der Waals surface area (Å²) in [5.74, 6) is 0.850. The van der Waals surface area contributed by atoms with E-state index in [1.165, 1.54) is 22.3 Å². The Balaban J connectivity index is 1.70. The third-order valence-electron chi connectivity index (χ3n) is 4.85. The molecule has 0 radical (unpaired) electrons. The molecule has 23 heavy (non-hydrogen) atoms. The van der Waals surface area contributed by atoms with Crippen LogP contribution in [-0.4, -0.2) is 41.0 Å². The van der Waals surface area contributed by atoms with Crippen molar-refractivity contribution in [1.29, 1.82) is 0 Å². The van der Waals surface area contributed by atoms with Crippen LogP contribution in [0.2, 0.25) is 0 Å². The van der Waals surface area contributed by atoms with Gasteiger partial charge in [-0.3, -0.25) is 4.90 Å². The first-order chi connectivity index (χ1) is 11.1. The van der Waals surface area contributed by atoms with Gasteiger partial charge < -0.3 is 4.90 Å². The molecule has 1 aromatic heterocycles. The minimum Gasteiger partial charge on any atom is -0.338 e. The number of aromatic nitrogens is 2. The van der Waals surface area contributed by atoms with E-state index < -0.39 is 0 Å². The van der Waals surface area contributed by atoms with Crippen molar-refractivity contribution in [3.63, 3.8) is 0 Å². The number of nitrogens with zero attached hydrogens (tertiary/aromatic N) is 4. The molecule has 1 fully saturated rings. The van der Waals surface area contributed by atoms with Crippen LogP contribution in [0.4, 0.5) is 5.95 Å². The average molecular weight is 310 g/mol. The Labute approximate surface area is 139 Å². The summed E-state index contributed by atoms with van der Waals surface area (Å²) in [7, 11) is 0. The molecule has 4 heteroatoms. The van der Waals surface area contributed by atoms with Crippen molar-refractivity contribution in [2.24, 2.45) is 0 Å². The minimum absolute atomic E-state index is 0.453. The normalized spacial score (nSPS) is 17.3. The van der Waals surface area contributed by atoms with Gasteiger partial charge in [0.25, 0.3) is 0 Å². The molecule has 122 valence electrons. The van der Waals surface area contributed by atoms with E-state index in [0.717, 1.165) is 32.1 Å². The number of hydrogen-bond acceptors (Lipinski definition) is 4. The lowest BCUT2D eigenvalue weighted by molar-refractivity contribution is 0.196. The number of hydrogen-bond donors (Lipinski definition) is 0. The van der Waals surface area contributed by atoms with Crippen LogP contribution in [0.3, 0.4) is 0 Å². The zero-order valence-corrected chi connectivity index (χ0v) is 14.6. The Morgan fingerprint density at radius 2 is 1.48 bits per heavy atom. The zero-order chi connectivity index (χ0) is 16.4. The van der Waals surface area contributed by atoms with Crippen LogP contribution in [0.1, 0.15) is 35.2 Å². The molecule has 2 aromatic rings. The molecular weight excluding hydrogens is 284 g/mol. The standard InChI is InChI=1S/C19H26N4/c1-14-12-15(2)18(16(3)13-14)17(4)22-8-10-23(11-9-22)19-20-6-5-7-21-19/h5-7,12-13,17H,8-11H2,1-4H3/t17-/m1/s1. The fourth-order valence-electron chi connectivity index (χ4n) is 3.80. The highest BCUT2D eigenvalue weighted by molar-refractivity contribution is 5.39. The lowest BCUT2D eigenvalue weighted by Crippen LogP contribution is -2.47. The van der Waals surface area contributed by atoms with Gasteiger partial charge in [-0.25, -0.2) is 9.97 Å². The highest BCUT2D eigenvalue weighted by atomic mass is 15.3. The highest BCUT2D eigenvalue weighted by Gasteiger charge is 2.24. The van der Waals surface area contributed by atoms with Gasteiger partial charge in [0.15, 0.2) is 0 Å². The molecule has 0 bridgehead atoms. The minimum atomic E-state index is 0.453. The molecule has 1 saturated heterocycles. The number of anilines is 1. The molecule has 1 aliphatic rings. The maximum atomic E-state index is 4.36. The third-order valence-corrected chi connectivity index (χ3v) is 4.85. The van der Waals surface area contributed by atoms with Crippen molar-refractivity contribution in [1.82, 2.24) is 14.9 Å². The Hall–Kier alpha value is -1.94. The van der Waals surface area contributed by atoms with E-state index in [9.17, 15) is 0 Å². The number of aryl methyl sites for hydroxylation is 3. The summed E-state index contributed by atoms with van der Waals surface area (Å²) in [6.07, 6.45) is 3.63. The predicted molar refractivity (Wildman–Crippen MR) is 94.9 cm³/mol. The fraction of sp³-hybridized carbons (Fsp3) is 0.474. The summed E-state index contributed by atoms with van der Waals surface area (Å²) in [6.45, 7) is 13.0. The quantitative estimate of drug-likeness (QED) is 0.871. The van der Waals surface area contributed by atoms with Gasteiger partial charge in [0.05, 0.1) is 0 Å². The molecule has 0 N–H and O–H groups in total. The van der Waals surface area contributed by atoms with Crippen LogP contribution in [0.5, 0.6) is 0 Å². The van der Waals surface area contributed by atoms with Crippen LogP contribution in [0.25, 0.3) is 0 Å². The molecule has 2 heterocycles.